The normalized spacial score (nSPS) is 19.0. The zero-order valence-corrected chi connectivity index (χ0v) is 11.3. The lowest BCUT2D eigenvalue weighted by Crippen LogP contribution is -2.56. The molecule has 2 rings (SSSR count). The first-order chi connectivity index (χ1) is 9.77. The van der Waals surface area contributed by atoms with E-state index in [0.29, 0.717) is 0 Å². The lowest BCUT2D eigenvalue weighted by Gasteiger charge is -2.23. The van der Waals surface area contributed by atoms with Gasteiger partial charge in [0.1, 0.15) is 6.04 Å². The molecule has 1 aromatic carbocycles. The second-order valence-corrected chi connectivity index (χ2v) is 4.83. The first kappa shape index (κ1) is 15.6. The molecule has 21 heavy (non-hydrogen) atoms. The summed E-state index contributed by atoms with van der Waals surface area (Å²) >= 11 is 5.49. The van der Waals surface area contributed by atoms with E-state index in [-0.39, 0.29) is 24.7 Å². The molecular weight excluding hydrogens is 311 g/mol. The van der Waals surface area contributed by atoms with Crippen LogP contribution in [0.25, 0.3) is 0 Å². The van der Waals surface area contributed by atoms with E-state index < -0.39 is 28.7 Å². The second-order valence-electron chi connectivity index (χ2n) is 4.42. The van der Waals surface area contributed by atoms with E-state index in [1.807, 2.05) is 0 Å². The molecule has 1 aromatic rings. The first-order valence-corrected chi connectivity index (χ1v) is 6.33. The second kappa shape index (κ2) is 5.90. The molecule has 1 atom stereocenters. The smallest absolute Gasteiger partial charge is 0.353 e. The summed E-state index contributed by atoms with van der Waals surface area (Å²) in [5.41, 5.74) is -1.04. The third kappa shape index (κ3) is 3.85. The molecule has 114 valence electrons. The maximum absolute atomic E-state index is 12.7. The van der Waals surface area contributed by atoms with E-state index in [2.05, 4.69) is 16.0 Å². The maximum atomic E-state index is 12.7. The van der Waals surface area contributed by atoms with Gasteiger partial charge in [0, 0.05) is 12.2 Å². The van der Waals surface area contributed by atoms with Gasteiger partial charge in [-0.25, -0.2) is 0 Å². The number of carbonyl (C=O) groups is 2. The molecule has 0 spiro atoms. The van der Waals surface area contributed by atoms with Gasteiger partial charge in [-0.1, -0.05) is 11.6 Å². The summed E-state index contributed by atoms with van der Waals surface area (Å²) in [6.45, 7) is 0.0525. The fourth-order valence-electron chi connectivity index (χ4n) is 1.80. The van der Waals surface area contributed by atoms with E-state index in [0.717, 1.165) is 12.1 Å². The maximum Gasteiger partial charge on any atom is 0.417 e. The van der Waals surface area contributed by atoms with E-state index >= 15 is 0 Å². The number of halogens is 4. The predicted molar refractivity (Wildman–Crippen MR) is 69.9 cm³/mol. The van der Waals surface area contributed by atoms with Gasteiger partial charge in [0.25, 0.3) is 0 Å². The van der Waals surface area contributed by atoms with Crippen LogP contribution < -0.4 is 16.0 Å². The van der Waals surface area contributed by atoms with Crippen molar-refractivity contribution in [3.05, 3.63) is 28.8 Å². The molecule has 1 aliphatic rings. The molecule has 3 N–H and O–H groups in total. The molecule has 5 nitrogen and oxygen atoms in total. The molecule has 0 aromatic heterocycles. The topological polar surface area (TPSA) is 70.2 Å². The van der Waals surface area contributed by atoms with Crippen molar-refractivity contribution in [1.82, 2.24) is 10.6 Å². The van der Waals surface area contributed by atoms with Gasteiger partial charge in [-0.15, -0.1) is 0 Å². The van der Waals surface area contributed by atoms with Gasteiger partial charge < -0.3 is 10.6 Å². The van der Waals surface area contributed by atoms with E-state index in [1.54, 1.807) is 0 Å². The van der Waals surface area contributed by atoms with Crippen LogP contribution in [0.5, 0.6) is 0 Å². The zero-order chi connectivity index (χ0) is 15.6. The standard InChI is InChI=1S/C12H11ClF3N3O2/c13-8-2-1-6(3-7(8)12(14,15)16)19-11(21)9-4-18-10(20)5-17-9/h1-3,9,17H,4-5H2,(H,18,20)(H,19,21). The summed E-state index contributed by atoms with van der Waals surface area (Å²) in [5.74, 6) is -0.782. The summed E-state index contributed by atoms with van der Waals surface area (Å²) in [6.07, 6.45) is -4.60. The van der Waals surface area contributed by atoms with E-state index in [9.17, 15) is 22.8 Å². The summed E-state index contributed by atoms with van der Waals surface area (Å²) in [6, 6.07) is 2.40. The molecule has 1 aliphatic heterocycles. The highest BCUT2D eigenvalue weighted by molar-refractivity contribution is 6.31. The minimum absolute atomic E-state index is 0.0181. The van der Waals surface area contributed by atoms with E-state index in [4.69, 9.17) is 11.6 Å². The SMILES string of the molecule is O=C1CNC(C(=O)Nc2ccc(Cl)c(C(F)(F)F)c2)CN1. The van der Waals surface area contributed by atoms with Crippen molar-refractivity contribution in [2.45, 2.75) is 12.2 Å². The Labute approximate surface area is 122 Å². The Morgan fingerprint density at radius 1 is 1.38 bits per heavy atom. The molecule has 9 heteroatoms. The molecule has 1 fully saturated rings. The van der Waals surface area contributed by atoms with Crippen molar-refractivity contribution >= 4 is 29.1 Å². The van der Waals surface area contributed by atoms with Crippen molar-refractivity contribution in [3.63, 3.8) is 0 Å². The molecule has 2 amide bonds. The number of hydrogen-bond acceptors (Lipinski definition) is 3. The van der Waals surface area contributed by atoms with Gasteiger partial charge in [-0.3, -0.25) is 14.9 Å². The molecule has 1 unspecified atom stereocenters. The van der Waals surface area contributed by atoms with Crippen LogP contribution in [0.3, 0.4) is 0 Å². The fraction of sp³-hybridized carbons (Fsp3) is 0.333. The molecular formula is C12H11ClF3N3O2. The summed E-state index contributed by atoms with van der Waals surface area (Å²) in [4.78, 5) is 22.8. The van der Waals surface area contributed by atoms with Crippen LogP contribution in [0.1, 0.15) is 5.56 Å². The van der Waals surface area contributed by atoms with Crippen LogP contribution in [0, 0.1) is 0 Å². The Morgan fingerprint density at radius 3 is 2.67 bits per heavy atom. The molecule has 0 bridgehead atoms. The molecule has 0 radical (unpaired) electrons. The lowest BCUT2D eigenvalue weighted by molar-refractivity contribution is -0.137. The lowest BCUT2D eigenvalue weighted by atomic mass is 10.1. The van der Waals surface area contributed by atoms with Crippen LogP contribution in [-0.2, 0) is 15.8 Å². The Bertz CT molecular complexity index is 567. The third-order valence-electron chi connectivity index (χ3n) is 2.87. The number of hydrogen-bond donors (Lipinski definition) is 3. The number of nitrogens with one attached hydrogen (secondary N) is 3. The van der Waals surface area contributed by atoms with Crippen LogP contribution >= 0.6 is 11.6 Å². The third-order valence-corrected chi connectivity index (χ3v) is 3.20. The Kier molecular flexibility index (Phi) is 4.38. The van der Waals surface area contributed by atoms with Crippen LogP contribution in [0.15, 0.2) is 18.2 Å². The average Bonchev–Trinajstić information content (AvgIpc) is 2.40. The average molecular weight is 322 g/mol. The number of carbonyl (C=O) groups excluding carboxylic acids is 2. The van der Waals surface area contributed by atoms with Gasteiger partial charge in [0.15, 0.2) is 0 Å². The van der Waals surface area contributed by atoms with Crippen molar-refractivity contribution in [1.29, 1.82) is 0 Å². The molecule has 1 saturated heterocycles. The highest BCUT2D eigenvalue weighted by atomic mass is 35.5. The summed E-state index contributed by atoms with van der Waals surface area (Å²) in [5, 5.41) is 7.07. The number of anilines is 1. The van der Waals surface area contributed by atoms with Crippen LogP contribution in [0.2, 0.25) is 5.02 Å². The first-order valence-electron chi connectivity index (χ1n) is 5.95. The Hall–Kier alpha value is -1.80. The van der Waals surface area contributed by atoms with Crippen molar-refractivity contribution in [2.75, 3.05) is 18.4 Å². The summed E-state index contributed by atoms with van der Waals surface area (Å²) < 4.78 is 38.1. The van der Waals surface area contributed by atoms with Gasteiger partial charge in [0.2, 0.25) is 11.8 Å². The number of amides is 2. The van der Waals surface area contributed by atoms with Gasteiger partial charge in [0.05, 0.1) is 17.1 Å². The van der Waals surface area contributed by atoms with Gasteiger partial charge >= 0.3 is 6.18 Å². The molecule has 1 heterocycles. The number of benzene rings is 1. The van der Waals surface area contributed by atoms with Crippen molar-refractivity contribution < 1.29 is 22.8 Å². The fourth-order valence-corrected chi connectivity index (χ4v) is 2.03. The molecule has 0 aliphatic carbocycles. The predicted octanol–water partition coefficient (Wildman–Crippen LogP) is 1.39. The van der Waals surface area contributed by atoms with Crippen molar-refractivity contribution in [2.24, 2.45) is 0 Å². The highest BCUT2D eigenvalue weighted by Gasteiger charge is 2.33. The van der Waals surface area contributed by atoms with E-state index in [1.165, 1.54) is 6.07 Å². The number of piperazine rings is 1. The Balaban J connectivity index is 2.09. The largest absolute Gasteiger partial charge is 0.417 e. The number of rotatable bonds is 2. The van der Waals surface area contributed by atoms with Gasteiger partial charge in [-0.2, -0.15) is 13.2 Å². The molecule has 0 saturated carbocycles. The van der Waals surface area contributed by atoms with Gasteiger partial charge in [-0.05, 0) is 18.2 Å². The monoisotopic (exact) mass is 321 g/mol. The van der Waals surface area contributed by atoms with Crippen LogP contribution in [0.4, 0.5) is 18.9 Å². The minimum Gasteiger partial charge on any atom is -0.353 e. The quantitative estimate of drug-likeness (QED) is 0.771. The highest BCUT2D eigenvalue weighted by Crippen LogP contribution is 2.36. The summed E-state index contributed by atoms with van der Waals surface area (Å²) in [7, 11) is 0. The minimum atomic E-state index is -4.60. The zero-order valence-electron chi connectivity index (χ0n) is 10.6. The van der Waals surface area contributed by atoms with Crippen LogP contribution in [-0.4, -0.2) is 30.9 Å². The Morgan fingerprint density at radius 2 is 2.10 bits per heavy atom. The van der Waals surface area contributed by atoms with Crippen molar-refractivity contribution in [3.8, 4) is 0 Å². The number of alkyl halides is 3.